The van der Waals surface area contributed by atoms with E-state index in [4.69, 9.17) is 0 Å². The molecule has 1 fully saturated rings. The summed E-state index contributed by atoms with van der Waals surface area (Å²) in [5.74, 6) is 0.299. The summed E-state index contributed by atoms with van der Waals surface area (Å²) >= 11 is 0. The average Bonchev–Trinajstić information content (AvgIpc) is 2.76. The van der Waals surface area contributed by atoms with Crippen LogP contribution in [-0.2, 0) is 4.79 Å². The standard InChI is InChI=1S/C13H26N2O/c1-4-7-11(5-2)14-12-8-9-15(10-12)13(16)6-3/h11-12,14H,4-10H2,1-3H3. The van der Waals surface area contributed by atoms with Crippen LogP contribution in [0.25, 0.3) is 0 Å². The van der Waals surface area contributed by atoms with Gasteiger partial charge in [-0.05, 0) is 19.3 Å². The Morgan fingerprint density at radius 1 is 1.44 bits per heavy atom. The quantitative estimate of drug-likeness (QED) is 0.753. The molecule has 0 aromatic rings. The van der Waals surface area contributed by atoms with E-state index in [2.05, 4.69) is 19.2 Å². The Balaban J connectivity index is 2.32. The van der Waals surface area contributed by atoms with E-state index < -0.39 is 0 Å². The lowest BCUT2D eigenvalue weighted by Crippen LogP contribution is -2.40. The Bertz CT molecular complexity index is 218. The second-order valence-corrected chi connectivity index (χ2v) is 4.74. The van der Waals surface area contributed by atoms with Gasteiger partial charge in [0, 0.05) is 31.6 Å². The topological polar surface area (TPSA) is 32.3 Å². The van der Waals surface area contributed by atoms with Crippen LogP contribution < -0.4 is 5.32 Å². The van der Waals surface area contributed by atoms with Crippen molar-refractivity contribution >= 4 is 5.91 Å². The molecule has 1 N–H and O–H groups in total. The third kappa shape index (κ3) is 3.78. The minimum Gasteiger partial charge on any atom is -0.341 e. The zero-order valence-electron chi connectivity index (χ0n) is 11.0. The normalized spacial score (nSPS) is 22.4. The van der Waals surface area contributed by atoms with Gasteiger partial charge in [0.2, 0.25) is 5.91 Å². The summed E-state index contributed by atoms with van der Waals surface area (Å²) < 4.78 is 0. The molecule has 0 spiro atoms. The highest BCUT2D eigenvalue weighted by Crippen LogP contribution is 2.13. The van der Waals surface area contributed by atoms with Gasteiger partial charge < -0.3 is 10.2 Å². The van der Waals surface area contributed by atoms with Gasteiger partial charge in [-0.3, -0.25) is 4.79 Å². The monoisotopic (exact) mass is 226 g/mol. The summed E-state index contributed by atoms with van der Waals surface area (Å²) in [6.07, 6.45) is 5.42. The average molecular weight is 226 g/mol. The fourth-order valence-electron chi connectivity index (χ4n) is 2.43. The molecule has 94 valence electrons. The Morgan fingerprint density at radius 3 is 2.75 bits per heavy atom. The number of nitrogens with zero attached hydrogens (tertiary/aromatic N) is 1. The molecule has 0 aromatic heterocycles. The highest BCUT2D eigenvalue weighted by molar-refractivity contribution is 5.76. The molecule has 3 heteroatoms. The maximum Gasteiger partial charge on any atom is 0.222 e. The fourth-order valence-corrected chi connectivity index (χ4v) is 2.43. The predicted molar refractivity (Wildman–Crippen MR) is 67.4 cm³/mol. The SMILES string of the molecule is CCCC(CC)NC1CCN(C(=O)CC)C1. The number of carbonyl (C=O) groups is 1. The Morgan fingerprint density at radius 2 is 2.19 bits per heavy atom. The first-order chi connectivity index (χ1) is 7.71. The molecule has 0 aromatic carbocycles. The van der Waals surface area contributed by atoms with Crippen LogP contribution in [0.1, 0.15) is 52.9 Å². The molecule has 1 aliphatic rings. The van der Waals surface area contributed by atoms with Crippen molar-refractivity contribution in [3.8, 4) is 0 Å². The molecule has 1 saturated heterocycles. The summed E-state index contributed by atoms with van der Waals surface area (Å²) in [6, 6.07) is 1.15. The van der Waals surface area contributed by atoms with E-state index in [-0.39, 0.29) is 0 Å². The molecule has 0 radical (unpaired) electrons. The van der Waals surface area contributed by atoms with E-state index >= 15 is 0 Å². The molecular weight excluding hydrogens is 200 g/mol. The summed E-state index contributed by atoms with van der Waals surface area (Å²) in [5, 5.41) is 3.68. The first-order valence-corrected chi connectivity index (χ1v) is 6.75. The van der Waals surface area contributed by atoms with E-state index in [1.807, 2.05) is 11.8 Å². The predicted octanol–water partition coefficient (Wildman–Crippen LogP) is 2.17. The zero-order valence-corrected chi connectivity index (χ0v) is 11.0. The molecular formula is C13H26N2O. The van der Waals surface area contributed by atoms with Crippen molar-refractivity contribution in [2.45, 2.75) is 65.0 Å². The van der Waals surface area contributed by atoms with Crippen LogP contribution in [0.3, 0.4) is 0 Å². The van der Waals surface area contributed by atoms with Gasteiger partial charge in [-0.2, -0.15) is 0 Å². The Labute approximate surface area is 99.6 Å². The van der Waals surface area contributed by atoms with E-state index in [0.717, 1.165) is 19.5 Å². The maximum atomic E-state index is 11.5. The van der Waals surface area contributed by atoms with E-state index in [1.54, 1.807) is 0 Å². The van der Waals surface area contributed by atoms with Gasteiger partial charge in [0.05, 0.1) is 0 Å². The second kappa shape index (κ2) is 6.89. The molecule has 1 aliphatic heterocycles. The zero-order chi connectivity index (χ0) is 12.0. The fraction of sp³-hybridized carbons (Fsp3) is 0.923. The molecule has 0 aliphatic carbocycles. The smallest absolute Gasteiger partial charge is 0.222 e. The molecule has 3 nitrogen and oxygen atoms in total. The minimum atomic E-state index is 0.299. The number of nitrogens with one attached hydrogen (secondary N) is 1. The van der Waals surface area contributed by atoms with Gasteiger partial charge in [0.15, 0.2) is 0 Å². The Kier molecular flexibility index (Phi) is 5.81. The van der Waals surface area contributed by atoms with Gasteiger partial charge in [-0.25, -0.2) is 0 Å². The summed E-state index contributed by atoms with van der Waals surface area (Å²) in [5.41, 5.74) is 0. The van der Waals surface area contributed by atoms with Crippen LogP contribution in [0.2, 0.25) is 0 Å². The van der Waals surface area contributed by atoms with Crippen LogP contribution in [0.5, 0.6) is 0 Å². The van der Waals surface area contributed by atoms with Crippen molar-refractivity contribution in [2.75, 3.05) is 13.1 Å². The van der Waals surface area contributed by atoms with Crippen LogP contribution in [0, 0.1) is 0 Å². The summed E-state index contributed by atoms with van der Waals surface area (Å²) in [4.78, 5) is 13.5. The third-order valence-corrected chi connectivity index (χ3v) is 3.44. The van der Waals surface area contributed by atoms with Gasteiger partial charge in [-0.1, -0.05) is 27.2 Å². The highest BCUT2D eigenvalue weighted by Gasteiger charge is 2.26. The van der Waals surface area contributed by atoms with Crippen LogP contribution in [0.4, 0.5) is 0 Å². The maximum absolute atomic E-state index is 11.5. The van der Waals surface area contributed by atoms with Gasteiger partial charge >= 0.3 is 0 Å². The summed E-state index contributed by atoms with van der Waals surface area (Å²) in [6.45, 7) is 8.25. The van der Waals surface area contributed by atoms with Gasteiger partial charge in [-0.15, -0.1) is 0 Å². The lowest BCUT2D eigenvalue weighted by Gasteiger charge is -2.22. The van der Waals surface area contributed by atoms with Crippen molar-refractivity contribution in [2.24, 2.45) is 0 Å². The van der Waals surface area contributed by atoms with Gasteiger partial charge in [0.25, 0.3) is 0 Å². The van der Waals surface area contributed by atoms with Crippen LogP contribution in [-0.4, -0.2) is 36.0 Å². The van der Waals surface area contributed by atoms with Gasteiger partial charge in [0.1, 0.15) is 0 Å². The van der Waals surface area contributed by atoms with E-state index in [9.17, 15) is 4.79 Å². The van der Waals surface area contributed by atoms with E-state index in [0.29, 0.717) is 24.4 Å². The molecule has 16 heavy (non-hydrogen) atoms. The van der Waals surface area contributed by atoms with Crippen molar-refractivity contribution in [1.82, 2.24) is 10.2 Å². The number of hydrogen-bond donors (Lipinski definition) is 1. The largest absolute Gasteiger partial charge is 0.341 e. The molecule has 2 atom stereocenters. The third-order valence-electron chi connectivity index (χ3n) is 3.44. The molecule has 1 amide bonds. The van der Waals surface area contributed by atoms with Crippen molar-refractivity contribution < 1.29 is 4.79 Å². The first-order valence-electron chi connectivity index (χ1n) is 6.75. The van der Waals surface area contributed by atoms with Crippen LogP contribution in [0.15, 0.2) is 0 Å². The number of rotatable bonds is 6. The van der Waals surface area contributed by atoms with Crippen molar-refractivity contribution in [3.05, 3.63) is 0 Å². The number of hydrogen-bond acceptors (Lipinski definition) is 2. The van der Waals surface area contributed by atoms with Crippen molar-refractivity contribution in [1.29, 1.82) is 0 Å². The molecule has 2 unspecified atom stereocenters. The molecule has 1 rings (SSSR count). The summed E-state index contributed by atoms with van der Waals surface area (Å²) in [7, 11) is 0. The minimum absolute atomic E-state index is 0.299. The van der Waals surface area contributed by atoms with E-state index in [1.165, 1.54) is 19.3 Å². The number of carbonyl (C=O) groups excluding carboxylic acids is 1. The Hall–Kier alpha value is -0.570. The lowest BCUT2D eigenvalue weighted by molar-refractivity contribution is -0.129. The number of likely N-dealkylation sites (tertiary alicyclic amines) is 1. The number of amides is 1. The second-order valence-electron chi connectivity index (χ2n) is 4.74. The molecule has 1 heterocycles. The van der Waals surface area contributed by atoms with Crippen molar-refractivity contribution in [3.63, 3.8) is 0 Å². The molecule has 0 saturated carbocycles. The van der Waals surface area contributed by atoms with Crippen LogP contribution >= 0.6 is 0 Å². The first kappa shape index (κ1) is 13.5. The molecule has 0 bridgehead atoms. The highest BCUT2D eigenvalue weighted by atomic mass is 16.2. The lowest BCUT2D eigenvalue weighted by atomic mass is 10.1.